The van der Waals surface area contributed by atoms with Crippen molar-refractivity contribution in [3.05, 3.63) is 65.5 Å². The molecule has 0 unspecified atom stereocenters. The molecule has 2 N–H and O–H groups in total. The van der Waals surface area contributed by atoms with E-state index in [1.54, 1.807) is 6.20 Å². The zero-order chi connectivity index (χ0) is 28.4. The SMILES string of the molecule is Cc1cnc(N[C@H]2CC[C@@H](NC(=O)c3cccnc3S(=O)(=O)c3ccc(C(F)(F)F)cc3)CC2)nc1N(C)C. The average Bonchev–Trinajstić information content (AvgIpc) is 2.90. The number of alkyl halides is 3. The molecule has 39 heavy (non-hydrogen) atoms. The van der Waals surface area contributed by atoms with Crippen LogP contribution in [0.15, 0.2) is 58.7 Å². The molecule has 2 heterocycles. The Hall–Kier alpha value is -3.74. The largest absolute Gasteiger partial charge is 0.416 e. The van der Waals surface area contributed by atoms with Gasteiger partial charge in [0.1, 0.15) is 5.82 Å². The van der Waals surface area contributed by atoms with Gasteiger partial charge in [-0.05, 0) is 69.0 Å². The molecule has 0 spiro atoms. The number of anilines is 2. The van der Waals surface area contributed by atoms with Crippen LogP contribution in [0.1, 0.15) is 47.2 Å². The summed E-state index contributed by atoms with van der Waals surface area (Å²) in [4.78, 5) is 27.4. The predicted octanol–water partition coefficient (Wildman–Crippen LogP) is 4.25. The van der Waals surface area contributed by atoms with E-state index < -0.39 is 32.5 Å². The minimum atomic E-state index is -4.60. The zero-order valence-electron chi connectivity index (χ0n) is 21.7. The molecule has 0 saturated heterocycles. The van der Waals surface area contributed by atoms with Gasteiger partial charge in [-0.1, -0.05) is 0 Å². The molecule has 0 aliphatic heterocycles. The van der Waals surface area contributed by atoms with E-state index in [1.165, 1.54) is 18.3 Å². The second kappa shape index (κ2) is 11.2. The highest BCUT2D eigenvalue weighted by molar-refractivity contribution is 7.91. The molecule has 0 radical (unpaired) electrons. The number of carbonyl (C=O) groups excluding carboxylic acids is 1. The third-order valence-corrected chi connectivity index (χ3v) is 8.25. The Morgan fingerprint density at radius 2 is 1.64 bits per heavy atom. The topological polar surface area (TPSA) is 117 Å². The first-order chi connectivity index (χ1) is 18.4. The molecular formula is C26H29F3N6O3S. The van der Waals surface area contributed by atoms with E-state index in [0.717, 1.165) is 36.4 Å². The summed E-state index contributed by atoms with van der Waals surface area (Å²) in [6, 6.07) is 5.80. The molecule has 1 amide bonds. The number of aromatic nitrogens is 3. The number of pyridine rings is 1. The number of hydrogen-bond acceptors (Lipinski definition) is 8. The van der Waals surface area contributed by atoms with Crippen molar-refractivity contribution in [1.29, 1.82) is 0 Å². The Morgan fingerprint density at radius 1 is 1.00 bits per heavy atom. The lowest BCUT2D eigenvalue weighted by atomic mass is 9.91. The summed E-state index contributed by atoms with van der Waals surface area (Å²) >= 11 is 0. The molecule has 208 valence electrons. The Morgan fingerprint density at radius 3 is 2.26 bits per heavy atom. The number of sulfone groups is 1. The molecule has 1 saturated carbocycles. The lowest BCUT2D eigenvalue weighted by molar-refractivity contribution is -0.137. The molecule has 1 fully saturated rings. The molecule has 0 bridgehead atoms. The van der Waals surface area contributed by atoms with E-state index in [-0.39, 0.29) is 22.5 Å². The third kappa shape index (κ3) is 6.47. The van der Waals surface area contributed by atoms with E-state index in [4.69, 9.17) is 0 Å². The summed E-state index contributed by atoms with van der Waals surface area (Å²) in [5, 5.41) is 5.73. The number of nitrogens with one attached hydrogen (secondary N) is 2. The van der Waals surface area contributed by atoms with Gasteiger partial charge in [0.15, 0.2) is 5.03 Å². The maximum atomic E-state index is 13.2. The van der Waals surface area contributed by atoms with Crippen molar-refractivity contribution in [2.75, 3.05) is 24.3 Å². The third-order valence-electron chi connectivity index (χ3n) is 6.53. The van der Waals surface area contributed by atoms with E-state index >= 15 is 0 Å². The fourth-order valence-corrected chi connectivity index (χ4v) is 5.86. The first-order valence-corrected chi connectivity index (χ1v) is 13.8. The van der Waals surface area contributed by atoms with E-state index in [2.05, 4.69) is 25.6 Å². The smallest absolute Gasteiger partial charge is 0.362 e. The number of carbonyl (C=O) groups is 1. The lowest BCUT2D eigenvalue weighted by Gasteiger charge is -2.30. The summed E-state index contributed by atoms with van der Waals surface area (Å²) < 4.78 is 65.0. The Labute approximate surface area is 224 Å². The van der Waals surface area contributed by atoms with Crippen LogP contribution in [0.5, 0.6) is 0 Å². The monoisotopic (exact) mass is 562 g/mol. The van der Waals surface area contributed by atoms with Crippen molar-refractivity contribution >= 4 is 27.5 Å². The second-order valence-electron chi connectivity index (χ2n) is 9.64. The standard InChI is InChI=1S/C26H29F3N6O3S/c1-16-15-31-25(34-22(16)35(2)3)33-19-10-8-18(9-11-19)32-23(36)21-5-4-14-30-24(21)39(37,38)20-12-6-17(7-13-20)26(27,28)29/h4-7,12-15,18-19H,8-11H2,1-3H3,(H,32,36)(H,31,33,34)/t18-,19+. The summed E-state index contributed by atoms with van der Waals surface area (Å²) in [7, 11) is -0.516. The van der Waals surface area contributed by atoms with Crippen LogP contribution in [0, 0.1) is 6.92 Å². The van der Waals surface area contributed by atoms with Crippen molar-refractivity contribution in [2.45, 2.75) is 60.8 Å². The maximum absolute atomic E-state index is 13.2. The van der Waals surface area contributed by atoms with Gasteiger partial charge < -0.3 is 15.5 Å². The van der Waals surface area contributed by atoms with Gasteiger partial charge in [0, 0.05) is 44.1 Å². The molecular weight excluding hydrogens is 533 g/mol. The summed E-state index contributed by atoms with van der Waals surface area (Å²) in [5.74, 6) is 0.750. The van der Waals surface area contributed by atoms with Gasteiger partial charge >= 0.3 is 6.18 Å². The number of benzene rings is 1. The molecule has 1 aliphatic rings. The van der Waals surface area contributed by atoms with Crippen molar-refractivity contribution < 1.29 is 26.4 Å². The minimum absolute atomic E-state index is 0.116. The molecule has 2 aromatic heterocycles. The minimum Gasteiger partial charge on any atom is -0.362 e. The molecule has 4 rings (SSSR count). The van der Waals surface area contributed by atoms with Crippen molar-refractivity contribution in [2.24, 2.45) is 0 Å². The van der Waals surface area contributed by atoms with Crippen molar-refractivity contribution in [3.8, 4) is 0 Å². The molecule has 1 aliphatic carbocycles. The first-order valence-electron chi connectivity index (χ1n) is 12.3. The normalized spacial score (nSPS) is 17.9. The number of rotatable bonds is 7. The van der Waals surface area contributed by atoms with Gasteiger partial charge in [-0.2, -0.15) is 18.2 Å². The van der Waals surface area contributed by atoms with E-state index in [1.807, 2.05) is 25.9 Å². The van der Waals surface area contributed by atoms with Crippen molar-refractivity contribution in [3.63, 3.8) is 0 Å². The highest BCUT2D eigenvalue weighted by Crippen LogP contribution is 2.31. The predicted molar refractivity (Wildman–Crippen MR) is 139 cm³/mol. The average molecular weight is 563 g/mol. The van der Waals surface area contributed by atoms with Crippen LogP contribution in [0.4, 0.5) is 24.9 Å². The van der Waals surface area contributed by atoms with Crippen LogP contribution in [0.2, 0.25) is 0 Å². The molecule has 3 aromatic rings. The van der Waals surface area contributed by atoms with Crippen LogP contribution in [0.25, 0.3) is 0 Å². The summed E-state index contributed by atoms with van der Waals surface area (Å²) in [5.41, 5.74) is -0.174. The van der Waals surface area contributed by atoms with Crippen LogP contribution in [-0.2, 0) is 16.0 Å². The number of aryl methyl sites for hydroxylation is 1. The maximum Gasteiger partial charge on any atom is 0.416 e. The fraction of sp³-hybridized carbons (Fsp3) is 0.385. The van der Waals surface area contributed by atoms with Gasteiger partial charge in [0.25, 0.3) is 5.91 Å². The number of amides is 1. The highest BCUT2D eigenvalue weighted by Gasteiger charge is 2.32. The quantitative estimate of drug-likeness (QED) is 0.439. The fourth-order valence-electron chi connectivity index (χ4n) is 4.50. The Kier molecular flexibility index (Phi) is 8.09. The molecule has 0 atom stereocenters. The van der Waals surface area contributed by atoms with Crippen LogP contribution < -0.4 is 15.5 Å². The van der Waals surface area contributed by atoms with Gasteiger partial charge in [-0.3, -0.25) is 4.79 Å². The highest BCUT2D eigenvalue weighted by atomic mass is 32.2. The Bertz CT molecular complexity index is 1440. The lowest BCUT2D eigenvalue weighted by Crippen LogP contribution is -2.40. The summed E-state index contributed by atoms with van der Waals surface area (Å²) in [6.07, 6.45) is 1.16. The molecule has 9 nitrogen and oxygen atoms in total. The van der Waals surface area contributed by atoms with Gasteiger partial charge in [-0.25, -0.2) is 18.4 Å². The van der Waals surface area contributed by atoms with Crippen LogP contribution in [-0.4, -0.2) is 55.5 Å². The molecule has 13 heteroatoms. The number of nitrogens with zero attached hydrogens (tertiary/aromatic N) is 4. The van der Waals surface area contributed by atoms with Crippen LogP contribution >= 0.6 is 0 Å². The first kappa shape index (κ1) is 28.3. The van der Waals surface area contributed by atoms with E-state index in [0.29, 0.717) is 30.9 Å². The number of hydrogen-bond donors (Lipinski definition) is 2. The Balaban J connectivity index is 1.42. The van der Waals surface area contributed by atoms with Crippen LogP contribution in [0.3, 0.4) is 0 Å². The summed E-state index contributed by atoms with van der Waals surface area (Å²) in [6.45, 7) is 1.94. The van der Waals surface area contributed by atoms with Crippen molar-refractivity contribution in [1.82, 2.24) is 20.3 Å². The zero-order valence-corrected chi connectivity index (χ0v) is 22.5. The second-order valence-corrected chi connectivity index (χ2v) is 11.5. The van der Waals surface area contributed by atoms with Gasteiger partial charge in [-0.15, -0.1) is 0 Å². The van der Waals surface area contributed by atoms with E-state index in [9.17, 15) is 26.4 Å². The van der Waals surface area contributed by atoms with Gasteiger partial charge in [0.2, 0.25) is 15.8 Å². The molecule has 1 aromatic carbocycles. The van der Waals surface area contributed by atoms with Gasteiger partial charge in [0.05, 0.1) is 16.0 Å². The number of halogens is 3.